The first-order valence-electron chi connectivity index (χ1n) is 3.68. The summed E-state index contributed by atoms with van der Waals surface area (Å²) in [5, 5.41) is 0. The monoisotopic (exact) mass is 239 g/mol. The van der Waals surface area contributed by atoms with Crippen LogP contribution in [0.2, 0.25) is 0 Å². The Bertz CT molecular complexity index is 477. The molecule has 13 heavy (non-hydrogen) atoms. The van der Waals surface area contributed by atoms with E-state index in [1.807, 2.05) is 6.20 Å². The summed E-state index contributed by atoms with van der Waals surface area (Å²) in [5.74, 6) is 0.482. The number of fused-ring (bicyclic) bond motifs is 1. The van der Waals surface area contributed by atoms with E-state index in [1.165, 1.54) is 6.92 Å². The number of carbonyl (C=O) groups excluding carboxylic acids is 1. The molecule has 2 heterocycles. The Morgan fingerprint density at radius 1 is 1.54 bits per heavy atom. The first kappa shape index (κ1) is 8.37. The van der Waals surface area contributed by atoms with Crippen molar-refractivity contribution in [3.05, 3.63) is 28.8 Å². The largest absolute Gasteiger partial charge is 0.293 e. The van der Waals surface area contributed by atoms with Crippen molar-refractivity contribution < 1.29 is 4.79 Å². The number of carbonyl (C=O) groups is 1. The molecule has 0 saturated carbocycles. The average molecular weight is 240 g/mol. The molecule has 0 amide bonds. The van der Waals surface area contributed by atoms with Crippen molar-refractivity contribution in [1.29, 1.82) is 0 Å². The normalized spacial score (nSPS) is 10.6. The lowest BCUT2D eigenvalue weighted by molar-refractivity contribution is 0.101. The van der Waals surface area contributed by atoms with Gasteiger partial charge in [-0.1, -0.05) is 0 Å². The zero-order valence-electron chi connectivity index (χ0n) is 6.86. The fourth-order valence-electron chi connectivity index (χ4n) is 1.03. The minimum absolute atomic E-state index is 0.0541. The van der Waals surface area contributed by atoms with Gasteiger partial charge in [0.05, 0.1) is 4.47 Å². The maximum atomic E-state index is 11.0. The summed E-state index contributed by atoms with van der Waals surface area (Å²) in [4.78, 5) is 19.1. The third-order valence-electron chi connectivity index (χ3n) is 1.64. The lowest BCUT2D eigenvalue weighted by Gasteiger charge is -1.90. The van der Waals surface area contributed by atoms with E-state index in [4.69, 9.17) is 0 Å². The number of hydrogen-bond acceptors (Lipinski definition) is 3. The third kappa shape index (κ3) is 1.47. The van der Waals surface area contributed by atoms with Crippen LogP contribution in [-0.4, -0.2) is 20.2 Å². The van der Waals surface area contributed by atoms with Crippen LogP contribution in [0, 0.1) is 0 Å². The Hall–Kier alpha value is -1.23. The molecule has 0 atom stereocenters. The van der Waals surface area contributed by atoms with Crippen LogP contribution in [0.25, 0.3) is 5.78 Å². The van der Waals surface area contributed by atoms with E-state index in [2.05, 4.69) is 25.9 Å². The molecule has 0 bridgehead atoms. The molecule has 4 nitrogen and oxygen atoms in total. The van der Waals surface area contributed by atoms with Crippen LogP contribution in [0.1, 0.15) is 17.4 Å². The number of nitrogens with zero attached hydrogens (tertiary/aromatic N) is 3. The predicted octanol–water partition coefficient (Wildman–Crippen LogP) is 1.69. The molecule has 0 fully saturated rings. The second kappa shape index (κ2) is 2.92. The topological polar surface area (TPSA) is 47.3 Å². The molecule has 0 aliphatic heterocycles. The smallest absolute Gasteiger partial charge is 0.234 e. The van der Waals surface area contributed by atoms with E-state index < -0.39 is 0 Å². The Kier molecular flexibility index (Phi) is 1.88. The lowest BCUT2D eigenvalue weighted by atomic mass is 10.3. The van der Waals surface area contributed by atoms with Crippen molar-refractivity contribution in [1.82, 2.24) is 14.4 Å². The Labute approximate surface area is 82.7 Å². The highest BCUT2D eigenvalue weighted by molar-refractivity contribution is 9.10. The second-order valence-corrected chi connectivity index (χ2v) is 3.58. The predicted molar refractivity (Wildman–Crippen MR) is 50.7 cm³/mol. The molecular formula is C8H6BrN3O. The Morgan fingerprint density at radius 3 is 3.00 bits per heavy atom. The maximum absolute atomic E-state index is 11.0. The van der Waals surface area contributed by atoms with Crippen LogP contribution < -0.4 is 0 Å². The molecule has 2 rings (SSSR count). The number of ketones is 1. The summed E-state index contributed by atoms with van der Waals surface area (Å²) in [5.41, 5.74) is 0.436. The summed E-state index contributed by atoms with van der Waals surface area (Å²) >= 11 is 3.28. The van der Waals surface area contributed by atoms with E-state index in [0.717, 1.165) is 4.47 Å². The molecule has 66 valence electrons. The van der Waals surface area contributed by atoms with Gasteiger partial charge in [-0.05, 0) is 15.9 Å². The van der Waals surface area contributed by atoms with Gasteiger partial charge in [-0.15, -0.1) is 0 Å². The summed E-state index contributed by atoms with van der Waals surface area (Å²) in [6, 6.07) is 0. The van der Waals surface area contributed by atoms with Gasteiger partial charge in [0, 0.05) is 25.5 Å². The van der Waals surface area contributed by atoms with Crippen LogP contribution >= 0.6 is 15.9 Å². The first-order valence-corrected chi connectivity index (χ1v) is 4.47. The summed E-state index contributed by atoms with van der Waals surface area (Å²) < 4.78 is 2.56. The van der Waals surface area contributed by atoms with E-state index in [-0.39, 0.29) is 5.78 Å². The van der Waals surface area contributed by atoms with Crippen molar-refractivity contribution in [2.45, 2.75) is 6.92 Å². The van der Waals surface area contributed by atoms with Gasteiger partial charge < -0.3 is 0 Å². The Morgan fingerprint density at radius 2 is 2.31 bits per heavy atom. The molecule has 0 aliphatic carbocycles. The van der Waals surface area contributed by atoms with Crippen molar-refractivity contribution in [2.24, 2.45) is 0 Å². The van der Waals surface area contributed by atoms with Crippen LogP contribution in [0.5, 0.6) is 0 Å². The fraction of sp³-hybridized carbons (Fsp3) is 0.125. The second-order valence-electron chi connectivity index (χ2n) is 2.66. The summed E-state index contributed by atoms with van der Waals surface area (Å²) in [6.07, 6.45) is 5.11. The highest BCUT2D eigenvalue weighted by atomic mass is 79.9. The SMILES string of the molecule is CC(=O)c1cn2cc(Br)cnc2n1. The van der Waals surface area contributed by atoms with Crippen molar-refractivity contribution in [2.75, 3.05) is 0 Å². The van der Waals surface area contributed by atoms with Gasteiger partial charge in [-0.2, -0.15) is 0 Å². The number of halogens is 1. The van der Waals surface area contributed by atoms with Crippen molar-refractivity contribution in [3.8, 4) is 0 Å². The van der Waals surface area contributed by atoms with Crippen LogP contribution in [0.15, 0.2) is 23.1 Å². The Balaban J connectivity index is 2.68. The van der Waals surface area contributed by atoms with Gasteiger partial charge in [-0.3, -0.25) is 9.20 Å². The van der Waals surface area contributed by atoms with Crippen LogP contribution in [0.4, 0.5) is 0 Å². The molecule has 0 aromatic carbocycles. The summed E-state index contributed by atoms with van der Waals surface area (Å²) in [6.45, 7) is 1.48. The van der Waals surface area contributed by atoms with Crippen LogP contribution in [-0.2, 0) is 0 Å². The number of hydrogen-bond donors (Lipinski definition) is 0. The van der Waals surface area contributed by atoms with Gasteiger partial charge in [0.2, 0.25) is 5.78 Å². The summed E-state index contributed by atoms with van der Waals surface area (Å²) in [7, 11) is 0. The van der Waals surface area contributed by atoms with E-state index >= 15 is 0 Å². The minimum Gasteiger partial charge on any atom is -0.293 e. The van der Waals surface area contributed by atoms with Crippen molar-refractivity contribution >= 4 is 27.5 Å². The number of rotatable bonds is 1. The fourth-order valence-corrected chi connectivity index (χ4v) is 1.35. The lowest BCUT2D eigenvalue weighted by Crippen LogP contribution is -1.90. The maximum Gasteiger partial charge on any atom is 0.234 e. The zero-order chi connectivity index (χ0) is 9.42. The number of Topliss-reactive ketones (excluding diaryl/α,β-unsaturated/α-hetero) is 1. The van der Waals surface area contributed by atoms with E-state index in [9.17, 15) is 4.79 Å². The minimum atomic E-state index is -0.0541. The van der Waals surface area contributed by atoms with E-state index in [0.29, 0.717) is 11.5 Å². The van der Waals surface area contributed by atoms with Gasteiger partial charge in [-0.25, -0.2) is 9.97 Å². The molecule has 2 aromatic rings. The molecular weight excluding hydrogens is 234 g/mol. The zero-order valence-corrected chi connectivity index (χ0v) is 8.45. The molecule has 0 spiro atoms. The molecule has 0 radical (unpaired) electrons. The van der Waals surface area contributed by atoms with Gasteiger partial charge in [0.15, 0.2) is 5.78 Å². The third-order valence-corrected chi connectivity index (χ3v) is 2.05. The van der Waals surface area contributed by atoms with E-state index in [1.54, 1.807) is 16.8 Å². The molecule has 0 aliphatic rings. The molecule has 0 N–H and O–H groups in total. The first-order chi connectivity index (χ1) is 6.16. The van der Waals surface area contributed by atoms with Gasteiger partial charge in [0.1, 0.15) is 5.69 Å². The molecule has 0 unspecified atom stereocenters. The quantitative estimate of drug-likeness (QED) is 0.712. The average Bonchev–Trinajstić information content (AvgIpc) is 2.46. The van der Waals surface area contributed by atoms with Crippen molar-refractivity contribution in [3.63, 3.8) is 0 Å². The highest BCUT2D eigenvalue weighted by Gasteiger charge is 2.05. The molecule has 0 saturated heterocycles. The molecule has 2 aromatic heterocycles. The van der Waals surface area contributed by atoms with Gasteiger partial charge >= 0.3 is 0 Å². The van der Waals surface area contributed by atoms with Crippen LogP contribution in [0.3, 0.4) is 0 Å². The number of aromatic nitrogens is 3. The number of imidazole rings is 1. The molecule has 5 heteroatoms. The highest BCUT2D eigenvalue weighted by Crippen LogP contribution is 2.09. The van der Waals surface area contributed by atoms with Gasteiger partial charge in [0.25, 0.3) is 0 Å². The standard InChI is InChI=1S/C8H6BrN3O/c1-5(13)7-4-12-3-6(9)2-10-8(12)11-7/h2-4H,1H3.